The number of ether oxygens (including phenoxy) is 1. The zero-order chi connectivity index (χ0) is 22.6. The van der Waals surface area contributed by atoms with Crippen LogP contribution in [-0.2, 0) is 5.75 Å². The van der Waals surface area contributed by atoms with Crippen molar-refractivity contribution in [1.29, 1.82) is 0 Å². The number of fused-ring (bicyclic) bond motifs is 1. The molecule has 3 heterocycles. The number of rotatable bonds is 7. The monoisotopic (exact) mass is 454 g/mol. The van der Waals surface area contributed by atoms with Gasteiger partial charge in [-0.25, -0.2) is 9.97 Å². The average molecular weight is 455 g/mol. The molecule has 0 atom stereocenters. The molecule has 5 aromatic rings. The van der Waals surface area contributed by atoms with E-state index in [1.807, 2.05) is 74.5 Å². The molecule has 0 aliphatic rings. The van der Waals surface area contributed by atoms with Gasteiger partial charge in [0, 0.05) is 29.4 Å². The number of para-hydroxylation sites is 2. The largest absolute Gasteiger partial charge is 0.494 e. The third-order valence-electron chi connectivity index (χ3n) is 5.16. The van der Waals surface area contributed by atoms with Crippen molar-refractivity contribution in [2.24, 2.45) is 0 Å². The number of hydrogen-bond acceptors (Lipinski definition) is 7. The fraction of sp³-hybridized carbons (Fsp3) is 0.160. The van der Waals surface area contributed by atoms with Gasteiger partial charge in [-0.2, -0.15) is 0 Å². The zero-order valence-electron chi connectivity index (χ0n) is 18.3. The maximum absolute atomic E-state index is 5.61. The lowest BCUT2D eigenvalue weighted by molar-refractivity contribution is 0.340. The Bertz CT molecular complexity index is 1390. The van der Waals surface area contributed by atoms with Crippen LogP contribution in [0.1, 0.15) is 18.3 Å². The fourth-order valence-electron chi connectivity index (χ4n) is 3.54. The number of nitrogens with zero attached hydrogens (tertiary/aromatic N) is 6. The summed E-state index contributed by atoms with van der Waals surface area (Å²) in [6, 6.07) is 19.7. The third-order valence-corrected chi connectivity index (χ3v) is 6.10. The minimum absolute atomic E-state index is 0.626. The second-order valence-corrected chi connectivity index (χ2v) is 8.28. The van der Waals surface area contributed by atoms with Crippen LogP contribution in [0, 0.1) is 6.92 Å². The SMILES string of the molecule is CCOc1ccc(-n2c(SCc3nc4ccccc4nc3C)nnc2-c2ccncc2)cc1. The number of thioether (sulfide) groups is 1. The Labute approximate surface area is 195 Å². The summed E-state index contributed by atoms with van der Waals surface area (Å²) < 4.78 is 7.66. The van der Waals surface area contributed by atoms with Gasteiger partial charge in [0.25, 0.3) is 0 Å². The van der Waals surface area contributed by atoms with Crippen LogP contribution in [0.4, 0.5) is 0 Å². The molecule has 0 aliphatic carbocycles. The Balaban J connectivity index is 1.51. The second-order valence-electron chi connectivity index (χ2n) is 7.34. The van der Waals surface area contributed by atoms with Gasteiger partial charge >= 0.3 is 0 Å². The van der Waals surface area contributed by atoms with Crippen LogP contribution in [0.25, 0.3) is 28.1 Å². The standard InChI is InChI=1S/C25H22N6OS/c1-3-32-20-10-8-19(9-11-20)31-24(18-12-14-26-15-13-18)29-30-25(31)33-16-23-17(2)27-21-6-4-5-7-22(21)28-23/h4-15H,3,16H2,1-2H3. The van der Waals surface area contributed by atoms with Crippen molar-refractivity contribution >= 4 is 22.8 Å². The van der Waals surface area contributed by atoms with E-state index < -0.39 is 0 Å². The van der Waals surface area contributed by atoms with Crippen molar-refractivity contribution in [2.75, 3.05) is 6.61 Å². The van der Waals surface area contributed by atoms with E-state index in [2.05, 4.69) is 19.7 Å². The van der Waals surface area contributed by atoms with Crippen LogP contribution in [0.2, 0.25) is 0 Å². The Morgan fingerprint density at radius 1 is 0.879 bits per heavy atom. The van der Waals surface area contributed by atoms with E-state index in [-0.39, 0.29) is 0 Å². The predicted molar refractivity (Wildman–Crippen MR) is 130 cm³/mol. The molecule has 0 amide bonds. The third kappa shape index (κ3) is 4.42. The molecule has 164 valence electrons. The highest BCUT2D eigenvalue weighted by Crippen LogP contribution is 2.30. The van der Waals surface area contributed by atoms with Crippen molar-refractivity contribution in [3.63, 3.8) is 0 Å². The Morgan fingerprint density at radius 3 is 2.33 bits per heavy atom. The molecule has 0 unspecified atom stereocenters. The second kappa shape index (κ2) is 9.38. The van der Waals surface area contributed by atoms with E-state index in [4.69, 9.17) is 14.7 Å². The van der Waals surface area contributed by atoms with Crippen LogP contribution in [-0.4, -0.2) is 36.3 Å². The number of aryl methyl sites for hydroxylation is 1. The van der Waals surface area contributed by atoms with Crippen molar-refractivity contribution in [3.8, 4) is 22.8 Å². The van der Waals surface area contributed by atoms with Crippen LogP contribution >= 0.6 is 11.8 Å². The summed E-state index contributed by atoms with van der Waals surface area (Å²) in [7, 11) is 0. The molecule has 0 N–H and O–H groups in total. The van der Waals surface area contributed by atoms with Crippen molar-refractivity contribution < 1.29 is 4.74 Å². The lowest BCUT2D eigenvalue weighted by Crippen LogP contribution is -2.02. The molecule has 0 saturated carbocycles. The highest BCUT2D eigenvalue weighted by molar-refractivity contribution is 7.98. The van der Waals surface area contributed by atoms with Gasteiger partial charge < -0.3 is 4.74 Å². The lowest BCUT2D eigenvalue weighted by atomic mass is 10.2. The first kappa shape index (κ1) is 21.1. The highest BCUT2D eigenvalue weighted by Gasteiger charge is 2.17. The van der Waals surface area contributed by atoms with Crippen molar-refractivity contribution in [3.05, 3.63) is 84.4 Å². The molecule has 33 heavy (non-hydrogen) atoms. The zero-order valence-corrected chi connectivity index (χ0v) is 19.2. The highest BCUT2D eigenvalue weighted by atomic mass is 32.2. The quantitative estimate of drug-likeness (QED) is 0.310. The maximum atomic E-state index is 5.61. The number of hydrogen-bond donors (Lipinski definition) is 0. The van der Waals surface area contributed by atoms with Gasteiger partial charge in [-0.1, -0.05) is 23.9 Å². The van der Waals surface area contributed by atoms with Gasteiger partial charge in [-0.3, -0.25) is 9.55 Å². The van der Waals surface area contributed by atoms with Crippen LogP contribution in [0.5, 0.6) is 5.75 Å². The normalized spacial score (nSPS) is 11.1. The van der Waals surface area contributed by atoms with E-state index in [1.54, 1.807) is 24.2 Å². The summed E-state index contributed by atoms with van der Waals surface area (Å²) in [6.45, 7) is 4.60. The molecule has 0 saturated heterocycles. The maximum Gasteiger partial charge on any atom is 0.196 e. The van der Waals surface area contributed by atoms with Crippen LogP contribution in [0.15, 0.2) is 78.2 Å². The van der Waals surface area contributed by atoms with Gasteiger partial charge in [-0.05, 0) is 62.4 Å². The molecule has 8 heteroatoms. The van der Waals surface area contributed by atoms with E-state index >= 15 is 0 Å². The molecule has 0 spiro atoms. The molecule has 0 radical (unpaired) electrons. The van der Waals surface area contributed by atoms with Crippen molar-refractivity contribution in [1.82, 2.24) is 29.7 Å². The summed E-state index contributed by atoms with van der Waals surface area (Å²) in [5.41, 5.74) is 5.55. The minimum atomic E-state index is 0.626. The first-order valence-corrected chi connectivity index (χ1v) is 11.7. The predicted octanol–water partition coefficient (Wildman–Crippen LogP) is 5.27. The van der Waals surface area contributed by atoms with E-state index in [9.17, 15) is 0 Å². The van der Waals surface area contributed by atoms with E-state index in [0.29, 0.717) is 12.4 Å². The Morgan fingerprint density at radius 2 is 1.61 bits per heavy atom. The summed E-state index contributed by atoms with van der Waals surface area (Å²) >= 11 is 1.59. The summed E-state index contributed by atoms with van der Waals surface area (Å²) in [6.07, 6.45) is 3.51. The topological polar surface area (TPSA) is 78.6 Å². The van der Waals surface area contributed by atoms with Crippen molar-refractivity contribution in [2.45, 2.75) is 24.8 Å². The minimum Gasteiger partial charge on any atom is -0.494 e. The average Bonchev–Trinajstić information content (AvgIpc) is 3.28. The number of pyridine rings is 1. The smallest absolute Gasteiger partial charge is 0.196 e. The van der Waals surface area contributed by atoms with Crippen LogP contribution < -0.4 is 4.74 Å². The molecule has 2 aromatic carbocycles. The summed E-state index contributed by atoms with van der Waals surface area (Å²) in [5, 5.41) is 9.79. The molecular formula is C25H22N6OS. The first-order chi connectivity index (χ1) is 16.2. The van der Waals surface area contributed by atoms with Gasteiger partial charge in [0.2, 0.25) is 0 Å². The van der Waals surface area contributed by atoms with Gasteiger partial charge in [-0.15, -0.1) is 10.2 Å². The summed E-state index contributed by atoms with van der Waals surface area (Å²) in [4.78, 5) is 13.7. The van der Waals surface area contributed by atoms with Gasteiger partial charge in [0.15, 0.2) is 11.0 Å². The lowest BCUT2D eigenvalue weighted by Gasteiger charge is -2.12. The number of aromatic nitrogens is 6. The van der Waals surface area contributed by atoms with E-state index in [0.717, 1.165) is 50.4 Å². The molecule has 3 aromatic heterocycles. The fourth-order valence-corrected chi connectivity index (χ4v) is 4.50. The number of benzene rings is 2. The molecule has 0 bridgehead atoms. The van der Waals surface area contributed by atoms with Crippen LogP contribution in [0.3, 0.4) is 0 Å². The molecular weight excluding hydrogens is 432 g/mol. The Kier molecular flexibility index (Phi) is 5.99. The first-order valence-electron chi connectivity index (χ1n) is 10.7. The molecule has 0 aliphatic heterocycles. The van der Waals surface area contributed by atoms with Gasteiger partial charge in [0.1, 0.15) is 5.75 Å². The Hall–Kier alpha value is -3.78. The summed E-state index contributed by atoms with van der Waals surface area (Å²) in [5.74, 6) is 2.22. The molecule has 5 rings (SSSR count). The van der Waals surface area contributed by atoms with E-state index in [1.165, 1.54) is 0 Å². The molecule has 7 nitrogen and oxygen atoms in total. The van der Waals surface area contributed by atoms with Gasteiger partial charge in [0.05, 0.1) is 29.0 Å². The molecule has 0 fully saturated rings.